The van der Waals surface area contributed by atoms with Gasteiger partial charge in [-0.25, -0.2) is 4.21 Å². The van der Waals surface area contributed by atoms with Gasteiger partial charge in [0.25, 0.3) is 0 Å². The number of fused-ring (bicyclic) bond motifs is 2. The van der Waals surface area contributed by atoms with Gasteiger partial charge in [0.15, 0.2) is 11.0 Å². The third-order valence-corrected chi connectivity index (χ3v) is 6.68. The zero-order valence-electron chi connectivity index (χ0n) is 14.5. The van der Waals surface area contributed by atoms with E-state index in [1.807, 2.05) is 49.2 Å². The first-order valence-electron chi connectivity index (χ1n) is 8.54. The topological polar surface area (TPSA) is 29.4 Å². The first kappa shape index (κ1) is 17.3. The van der Waals surface area contributed by atoms with Crippen molar-refractivity contribution in [1.29, 1.82) is 0 Å². The first-order chi connectivity index (χ1) is 12.7. The van der Waals surface area contributed by atoms with Crippen molar-refractivity contribution < 1.29 is 4.21 Å². The predicted molar refractivity (Wildman–Crippen MR) is 110 cm³/mol. The van der Waals surface area contributed by atoms with Crippen LogP contribution in [-0.2, 0) is 16.7 Å². The number of nitrogens with zero attached hydrogens (tertiary/aromatic N) is 1. The molecule has 4 rings (SSSR count). The Morgan fingerprint density at radius 3 is 2.46 bits per heavy atom. The second-order valence-electron chi connectivity index (χ2n) is 6.32. The Kier molecular flexibility index (Phi) is 5.05. The molecule has 0 N–H and O–H groups in total. The van der Waals surface area contributed by atoms with Crippen LogP contribution in [0.25, 0.3) is 0 Å². The van der Waals surface area contributed by atoms with E-state index in [0.717, 1.165) is 16.2 Å². The third-order valence-electron chi connectivity index (χ3n) is 4.56. The molecule has 3 aromatic carbocycles. The lowest BCUT2D eigenvalue weighted by molar-refractivity contribution is 0.684. The zero-order chi connectivity index (χ0) is 17.9. The summed E-state index contributed by atoms with van der Waals surface area (Å²) in [5.41, 5.74) is 4.94. The van der Waals surface area contributed by atoms with Crippen LogP contribution in [0, 0.1) is 6.92 Å². The van der Waals surface area contributed by atoms with Gasteiger partial charge in [-0.2, -0.15) is 4.40 Å². The second-order valence-corrected chi connectivity index (χ2v) is 8.52. The van der Waals surface area contributed by atoms with Crippen molar-refractivity contribution in [2.75, 3.05) is 0 Å². The van der Waals surface area contributed by atoms with Gasteiger partial charge in [0.05, 0.1) is 4.90 Å². The van der Waals surface area contributed by atoms with Crippen LogP contribution in [0.1, 0.15) is 28.2 Å². The summed E-state index contributed by atoms with van der Waals surface area (Å²) in [6.07, 6.45) is 1.86. The minimum absolute atomic E-state index is 0.0202. The van der Waals surface area contributed by atoms with Crippen molar-refractivity contribution in [2.24, 2.45) is 4.40 Å². The molecule has 0 aromatic heterocycles. The summed E-state index contributed by atoms with van der Waals surface area (Å²) in [5, 5.41) is 0. The zero-order valence-corrected chi connectivity index (χ0v) is 16.1. The smallest absolute Gasteiger partial charge is 0.172 e. The van der Waals surface area contributed by atoms with Gasteiger partial charge in [0.1, 0.15) is 0 Å². The number of thioether (sulfide) groups is 1. The van der Waals surface area contributed by atoms with Gasteiger partial charge in [-0.3, -0.25) is 0 Å². The maximum atomic E-state index is 12.6. The number of benzene rings is 3. The van der Waals surface area contributed by atoms with Crippen LogP contribution in [0.15, 0.2) is 87.0 Å². The molecule has 2 atom stereocenters. The summed E-state index contributed by atoms with van der Waals surface area (Å²) in [6, 6.07) is 24.6. The van der Waals surface area contributed by atoms with E-state index in [2.05, 4.69) is 52.9 Å². The van der Waals surface area contributed by atoms with E-state index in [4.69, 9.17) is 0 Å². The molecule has 1 aliphatic rings. The molecule has 0 bridgehead atoms. The molecule has 0 fully saturated rings. The number of hydrogen-bond donors (Lipinski definition) is 0. The molecule has 1 aliphatic heterocycles. The normalized spacial score (nSPS) is 17.3. The predicted octanol–water partition coefficient (Wildman–Crippen LogP) is 5.53. The van der Waals surface area contributed by atoms with Crippen LogP contribution in [0.3, 0.4) is 0 Å². The Morgan fingerprint density at radius 1 is 0.962 bits per heavy atom. The van der Waals surface area contributed by atoms with Crippen LogP contribution < -0.4 is 0 Å². The van der Waals surface area contributed by atoms with E-state index < -0.39 is 11.0 Å². The summed E-state index contributed by atoms with van der Waals surface area (Å²) in [7, 11) is -1.39. The fourth-order valence-corrected chi connectivity index (χ4v) is 4.99. The minimum Gasteiger partial charge on any atom is -0.230 e. The molecule has 2 nitrogen and oxygen atoms in total. The van der Waals surface area contributed by atoms with E-state index in [0.29, 0.717) is 0 Å². The van der Waals surface area contributed by atoms with Crippen molar-refractivity contribution >= 4 is 29.0 Å². The van der Waals surface area contributed by atoms with Crippen molar-refractivity contribution in [3.05, 3.63) is 95.1 Å². The van der Waals surface area contributed by atoms with Crippen molar-refractivity contribution in [2.45, 2.75) is 28.4 Å². The molecule has 4 heteroatoms. The second kappa shape index (κ2) is 7.60. The summed E-state index contributed by atoms with van der Waals surface area (Å²) in [4.78, 5) is 2.00. The Balaban J connectivity index is 1.73. The highest BCUT2D eigenvalue weighted by molar-refractivity contribution is 7.98. The standard InChI is InChI=1S/C22H19NOS2/c1-16-10-12-18(13-11-16)26(24)23-14-21-19-7-3-2-6-17(19)15-25-22-9-5-4-8-20(21)22/h2-14,21H,15H2,1H3/b23-14+. The number of rotatable bonds is 3. The Hall–Kier alpha value is -2.17. The van der Waals surface area contributed by atoms with Crippen LogP contribution >= 0.6 is 11.8 Å². The summed E-state index contributed by atoms with van der Waals surface area (Å²) in [5.74, 6) is 0.963. The van der Waals surface area contributed by atoms with Gasteiger partial charge < -0.3 is 0 Å². The Bertz CT molecular complexity index is 932. The quantitative estimate of drug-likeness (QED) is 0.562. The van der Waals surface area contributed by atoms with E-state index in [9.17, 15) is 4.21 Å². The number of hydrogen-bond acceptors (Lipinski definition) is 2. The molecule has 130 valence electrons. The van der Waals surface area contributed by atoms with Gasteiger partial charge in [-0.15, -0.1) is 11.8 Å². The summed E-state index contributed by atoms with van der Waals surface area (Å²) in [6.45, 7) is 2.02. The molecule has 0 amide bonds. The summed E-state index contributed by atoms with van der Waals surface area (Å²) < 4.78 is 17.0. The molecule has 2 unspecified atom stereocenters. The molecule has 1 heterocycles. The highest BCUT2D eigenvalue weighted by atomic mass is 32.2. The van der Waals surface area contributed by atoms with Crippen LogP contribution in [-0.4, -0.2) is 10.4 Å². The molecular weight excluding hydrogens is 358 g/mol. The van der Waals surface area contributed by atoms with Gasteiger partial charge in [0, 0.05) is 22.8 Å². The van der Waals surface area contributed by atoms with E-state index in [1.54, 1.807) is 0 Å². The highest BCUT2D eigenvalue weighted by Gasteiger charge is 2.22. The van der Waals surface area contributed by atoms with Gasteiger partial charge in [0.2, 0.25) is 0 Å². The first-order valence-corrected chi connectivity index (χ1v) is 10.6. The van der Waals surface area contributed by atoms with Crippen LogP contribution in [0.5, 0.6) is 0 Å². The third kappa shape index (κ3) is 3.53. The maximum Gasteiger partial charge on any atom is 0.172 e. The number of aryl methyl sites for hydroxylation is 1. The lowest BCUT2D eigenvalue weighted by Gasteiger charge is -2.15. The fraction of sp³-hybridized carbons (Fsp3) is 0.136. The average molecular weight is 378 g/mol. The molecule has 3 aromatic rings. The monoisotopic (exact) mass is 377 g/mol. The molecule has 0 spiro atoms. The molecule has 26 heavy (non-hydrogen) atoms. The van der Waals surface area contributed by atoms with Gasteiger partial charge >= 0.3 is 0 Å². The van der Waals surface area contributed by atoms with E-state index >= 15 is 0 Å². The largest absolute Gasteiger partial charge is 0.230 e. The molecule has 0 saturated carbocycles. The van der Waals surface area contributed by atoms with Crippen molar-refractivity contribution in [3.8, 4) is 0 Å². The molecular formula is C22H19NOS2. The van der Waals surface area contributed by atoms with Crippen molar-refractivity contribution in [3.63, 3.8) is 0 Å². The van der Waals surface area contributed by atoms with Crippen molar-refractivity contribution in [1.82, 2.24) is 0 Å². The SMILES string of the molecule is Cc1ccc(S(=O)/N=C/C2c3ccccc3CSc3ccccc32)cc1. The lowest BCUT2D eigenvalue weighted by atomic mass is 9.89. The fourth-order valence-electron chi connectivity index (χ4n) is 3.15. The van der Waals surface area contributed by atoms with E-state index in [1.165, 1.54) is 21.6 Å². The summed E-state index contributed by atoms with van der Waals surface area (Å²) >= 11 is 1.85. The van der Waals surface area contributed by atoms with Crippen LogP contribution in [0.4, 0.5) is 0 Å². The minimum atomic E-state index is -1.39. The maximum absolute atomic E-state index is 12.6. The average Bonchev–Trinajstić information content (AvgIpc) is 2.84. The molecule has 0 saturated heterocycles. The molecule has 0 radical (unpaired) electrons. The lowest BCUT2D eigenvalue weighted by Crippen LogP contribution is -2.05. The van der Waals surface area contributed by atoms with E-state index in [-0.39, 0.29) is 5.92 Å². The van der Waals surface area contributed by atoms with Crippen LogP contribution in [0.2, 0.25) is 0 Å². The highest BCUT2D eigenvalue weighted by Crippen LogP contribution is 2.39. The molecule has 0 aliphatic carbocycles. The Labute approximate surface area is 161 Å². The van der Waals surface area contributed by atoms with Gasteiger partial charge in [-0.1, -0.05) is 60.2 Å². The van der Waals surface area contributed by atoms with Gasteiger partial charge in [-0.05, 0) is 41.8 Å². The Morgan fingerprint density at radius 2 is 1.65 bits per heavy atom.